The molecule has 0 bridgehead atoms. The van der Waals surface area contributed by atoms with E-state index in [0.717, 1.165) is 0 Å². The van der Waals surface area contributed by atoms with Crippen LogP contribution in [0.2, 0.25) is 0 Å². The van der Waals surface area contributed by atoms with Crippen LogP contribution in [-0.2, 0) is 4.74 Å². The van der Waals surface area contributed by atoms with Crippen molar-refractivity contribution in [1.82, 2.24) is 0 Å². The lowest BCUT2D eigenvalue weighted by Crippen LogP contribution is -2.27. The summed E-state index contributed by atoms with van der Waals surface area (Å²) in [4.78, 5) is 11.4. The van der Waals surface area contributed by atoms with Crippen LogP contribution in [0.3, 0.4) is 0 Å². The fourth-order valence-corrected chi connectivity index (χ4v) is 2.58. The molecule has 136 valence electrons. The van der Waals surface area contributed by atoms with Gasteiger partial charge in [-0.05, 0) is 57.2 Å². The number of rotatable bonds is 1. The lowest BCUT2D eigenvalue weighted by atomic mass is 9.78. The zero-order valence-corrected chi connectivity index (χ0v) is 15.7. The second-order valence-corrected chi connectivity index (χ2v) is 8.20. The Labute approximate surface area is 146 Å². The molecule has 0 spiro atoms. The second kappa shape index (κ2) is 8.27. The van der Waals surface area contributed by atoms with Crippen molar-refractivity contribution in [1.29, 1.82) is 0 Å². The van der Waals surface area contributed by atoms with Gasteiger partial charge >= 0.3 is 6.09 Å². The normalized spacial score (nSPS) is 16.5. The molecular weight excluding hydrogens is 302 g/mol. The van der Waals surface area contributed by atoms with Gasteiger partial charge in [0.25, 0.3) is 0 Å². The molecule has 24 heavy (non-hydrogen) atoms. The summed E-state index contributed by atoms with van der Waals surface area (Å²) >= 11 is 0. The average Bonchev–Trinajstić information content (AvgIpc) is 2.41. The molecule has 2 rings (SSSR count). The van der Waals surface area contributed by atoms with E-state index in [1.54, 1.807) is 39.0 Å². The van der Waals surface area contributed by atoms with Gasteiger partial charge in [0.05, 0.1) is 11.4 Å². The van der Waals surface area contributed by atoms with E-state index < -0.39 is 11.7 Å². The second-order valence-electron chi connectivity index (χ2n) is 8.20. The van der Waals surface area contributed by atoms with E-state index in [2.05, 4.69) is 19.2 Å². The highest BCUT2D eigenvalue weighted by atomic mass is 16.6. The molecule has 0 radical (unpaired) electrons. The van der Waals surface area contributed by atoms with Crippen LogP contribution in [0.1, 0.15) is 66.7 Å². The van der Waals surface area contributed by atoms with E-state index in [0.29, 0.717) is 22.5 Å². The van der Waals surface area contributed by atoms with Crippen LogP contribution in [0.5, 0.6) is 0 Å². The lowest BCUT2D eigenvalue weighted by molar-refractivity contribution is 0.0636. The number of benzene rings is 1. The van der Waals surface area contributed by atoms with E-state index in [4.69, 9.17) is 16.2 Å². The minimum Gasteiger partial charge on any atom is -0.444 e. The van der Waals surface area contributed by atoms with Crippen molar-refractivity contribution in [2.24, 2.45) is 5.41 Å². The fraction of sp³-hybridized carbons (Fsp3) is 0.632. The topological polar surface area (TPSA) is 90.4 Å². The van der Waals surface area contributed by atoms with Crippen molar-refractivity contribution in [2.75, 3.05) is 16.8 Å². The number of hydrogen-bond donors (Lipinski definition) is 3. The van der Waals surface area contributed by atoms with Gasteiger partial charge < -0.3 is 16.2 Å². The summed E-state index contributed by atoms with van der Waals surface area (Å²) < 4.78 is 5.09. The standard InChI is InChI=1S/C11H17N3O2.C8H16/c1-11(2,3)16-10(15)14-7-4-5-8(12)9(13)6-7;1-8(2)6-4-3-5-7-8/h4-6H,12-13H2,1-3H3,(H,14,15);3-7H2,1-2H3. The molecule has 5 heteroatoms. The monoisotopic (exact) mass is 335 g/mol. The Morgan fingerprint density at radius 3 is 2.08 bits per heavy atom. The Hall–Kier alpha value is -1.91. The Morgan fingerprint density at radius 2 is 1.67 bits per heavy atom. The first-order valence-electron chi connectivity index (χ1n) is 8.63. The van der Waals surface area contributed by atoms with Crippen LogP contribution in [0, 0.1) is 5.41 Å². The third kappa shape index (κ3) is 8.09. The highest BCUT2D eigenvalue weighted by Gasteiger charge is 2.20. The largest absolute Gasteiger partial charge is 0.444 e. The molecule has 1 aliphatic carbocycles. The quantitative estimate of drug-likeness (QED) is 0.617. The highest BCUT2D eigenvalue weighted by Crippen LogP contribution is 2.34. The van der Waals surface area contributed by atoms with Crippen molar-refractivity contribution in [2.45, 2.75) is 72.3 Å². The third-order valence-electron chi connectivity index (χ3n) is 3.94. The zero-order valence-electron chi connectivity index (χ0n) is 15.7. The number of amides is 1. The number of ether oxygens (including phenoxy) is 1. The van der Waals surface area contributed by atoms with E-state index in [9.17, 15) is 4.79 Å². The Kier molecular flexibility index (Phi) is 6.93. The van der Waals surface area contributed by atoms with E-state index in [1.807, 2.05) is 0 Å². The van der Waals surface area contributed by atoms with Gasteiger partial charge in [0.2, 0.25) is 0 Å². The molecule has 1 saturated carbocycles. The summed E-state index contributed by atoms with van der Waals surface area (Å²) in [6.07, 6.45) is 6.79. The van der Waals surface area contributed by atoms with Crippen LogP contribution in [0.4, 0.5) is 21.9 Å². The van der Waals surface area contributed by atoms with Crippen LogP contribution < -0.4 is 16.8 Å². The molecule has 1 aliphatic rings. The number of carbonyl (C=O) groups excluding carboxylic acids is 1. The molecule has 1 aromatic rings. The molecule has 1 fully saturated rings. The van der Waals surface area contributed by atoms with Gasteiger partial charge in [-0.2, -0.15) is 0 Å². The van der Waals surface area contributed by atoms with E-state index >= 15 is 0 Å². The molecule has 1 aromatic carbocycles. The molecule has 0 saturated heterocycles. The molecular formula is C19H33N3O2. The molecule has 0 unspecified atom stereocenters. The average molecular weight is 335 g/mol. The number of anilines is 3. The summed E-state index contributed by atoms with van der Waals surface area (Å²) in [6, 6.07) is 4.87. The zero-order chi connectivity index (χ0) is 18.4. The van der Waals surface area contributed by atoms with Gasteiger partial charge in [-0.25, -0.2) is 4.79 Å². The van der Waals surface area contributed by atoms with Gasteiger partial charge in [0.1, 0.15) is 5.60 Å². The highest BCUT2D eigenvalue weighted by molar-refractivity contribution is 5.86. The molecule has 0 heterocycles. The number of carbonyl (C=O) groups is 1. The molecule has 5 nitrogen and oxygen atoms in total. The summed E-state index contributed by atoms with van der Waals surface area (Å²) in [7, 11) is 0. The van der Waals surface area contributed by atoms with Gasteiger partial charge in [-0.3, -0.25) is 5.32 Å². The van der Waals surface area contributed by atoms with Gasteiger partial charge in [-0.15, -0.1) is 0 Å². The lowest BCUT2D eigenvalue weighted by Gasteiger charge is -2.28. The fourth-order valence-electron chi connectivity index (χ4n) is 2.58. The van der Waals surface area contributed by atoms with Crippen molar-refractivity contribution in [3.8, 4) is 0 Å². The molecule has 0 atom stereocenters. The van der Waals surface area contributed by atoms with Crippen molar-refractivity contribution in [3.63, 3.8) is 0 Å². The SMILES string of the molecule is CC(C)(C)OC(=O)Nc1ccc(N)c(N)c1.CC1(C)CCCCC1. The van der Waals surface area contributed by atoms with Crippen LogP contribution in [0.25, 0.3) is 0 Å². The predicted octanol–water partition coefficient (Wildman–Crippen LogP) is 5.17. The minimum absolute atomic E-state index is 0.425. The maximum atomic E-state index is 11.4. The molecule has 0 aromatic heterocycles. The van der Waals surface area contributed by atoms with Crippen LogP contribution in [0.15, 0.2) is 18.2 Å². The predicted molar refractivity (Wildman–Crippen MR) is 102 cm³/mol. The van der Waals surface area contributed by atoms with Crippen molar-refractivity contribution < 1.29 is 9.53 Å². The van der Waals surface area contributed by atoms with E-state index in [-0.39, 0.29) is 0 Å². The first-order valence-corrected chi connectivity index (χ1v) is 8.63. The number of nitrogens with one attached hydrogen (secondary N) is 1. The molecule has 0 aliphatic heterocycles. The van der Waals surface area contributed by atoms with Crippen molar-refractivity contribution in [3.05, 3.63) is 18.2 Å². The Bertz CT molecular complexity index is 540. The van der Waals surface area contributed by atoms with Gasteiger partial charge in [0.15, 0.2) is 0 Å². The van der Waals surface area contributed by atoms with Crippen molar-refractivity contribution >= 4 is 23.2 Å². The van der Waals surface area contributed by atoms with E-state index in [1.165, 1.54) is 32.1 Å². The summed E-state index contributed by atoms with van der Waals surface area (Å²) in [5, 5.41) is 2.57. The number of nitrogen functional groups attached to an aromatic ring is 2. The maximum absolute atomic E-state index is 11.4. The summed E-state index contributed by atoms with van der Waals surface area (Å²) in [6.45, 7) is 10.1. The summed E-state index contributed by atoms with van der Waals surface area (Å²) in [5.74, 6) is 0. The number of nitrogens with two attached hydrogens (primary N) is 2. The number of hydrogen-bond acceptors (Lipinski definition) is 4. The molecule has 5 N–H and O–H groups in total. The van der Waals surface area contributed by atoms with Gasteiger partial charge in [-0.1, -0.05) is 33.1 Å². The van der Waals surface area contributed by atoms with Crippen LogP contribution >= 0.6 is 0 Å². The first-order chi connectivity index (χ1) is 11.0. The summed E-state index contributed by atoms with van der Waals surface area (Å²) in [5.41, 5.74) is 12.8. The Balaban J connectivity index is 0.000000300. The third-order valence-corrected chi connectivity index (χ3v) is 3.94. The molecule has 1 amide bonds. The minimum atomic E-state index is -0.524. The van der Waals surface area contributed by atoms with Crippen LogP contribution in [-0.4, -0.2) is 11.7 Å². The first kappa shape index (κ1) is 20.1. The van der Waals surface area contributed by atoms with Gasteiger partial charge in [0, 0.05) is 5.69 Å². The Morgan fingerprint density at radius 1 is 1.08 bits per heavy atom. The maximum Gasteiger partial charge on any atom is 0.412 e. The smallest absolute Gasteiger partial charge is 0.412 e.